The van der Waals surface area contributed by atoms with Crippen molar-refractivity contribution in [3.05, 3.63) is 66.0 Å². The third-order valence-corrected chi connectivity index (χ3v) is 5.04. The van der Waals surface area contributed by atoms with E-state index in [0.717, 1.165) is 49.4 Å². The van der Waals surface area contributed by atoms with Gasteiger partial charge in [-0.15, -0.1) is 0 Å². The van der Waals surface area contributed by atoms with Crippen LogP contribution in [0.4, 0.5) is 0 Å². The number of amides is 1. The number of hydrogen-bond acceptors (Lipinski definition) is 3. The number of ether oxygens (including phenoxy) is 1. The molecule has 0 bridgehead atoms. The van der Waals surface area contributed by atoms with Gasteiger partial charge < -0.3 is 9.64 Å². The molecule has 1 fully saturated rings. The maximum atomic E-state index is 12.6. The summed E-state index contributed by atoms with van der Waals surface area (Å²) >= 11 is 0. The molecule has 0 radical (unpaired) electrons. The van der Waals surface area contributed by atoms with Crippen LogP contribution in [-0.2, 0) is 11.2 Å². The molecule has 0 N–H and O–H groups in total. The zero-order chi connectivity index (χ0) is 17.1. The molecule has 25 heavy (non-hydrogen) atoms. The average molecular weight is 334 g/mol. The highest BCUT2D eigenvalue weighted by Gasteiger charge is 2.35. The monoisotopic (exact) mass is 334 g/mol. The van der Waals surface area contributed by atoms with E-state index in [2.05, 4.69) is 23.2 Å². The Kier molecular flexibility index (Phi) is 4.26. The van der Waals surface area contributed by atoms with Gasteiger partial charge in [-0.2, -0.15) is 0 Å². The zero-order valence-corrected chi connectivity index (χ0v) is 14.2. The Morgan fingerprint density at radius 2 is 2.00 bits per heavy atom. The number of para-hydroxylation sites is 1. The van der Waals surface area contributed by atoms with Crippen molar-refractivity contribution >= 4 is 12.0 Å². The van der Waals surface area contributed by atoms with Crippen LogP contribution in [0, 0.1) is 0 Å². The summed E-state index contributed by atoms with van der Waals surface area (Å²) < 4.78 is 6.35. The molecule has 4 heteroatoms. The maximum Gasteiger partial charge on any atom is 0.228 e. The Labute approximate surface area is 148 Å². The van der Waals surface area contributed by atoms with Gasteiger partial charge in [0.05, 0.1) is 6.42 Å². The number of likely N-dealkylation sites (tertiary alicyclic amines) is 1. The first-order valence-electron chi connectivity index (χ1n) is 8.89. The Hall–Kier alpha value is -2.62. The van der Waals surface area contributed by atoms with Crippen molar-refractivity contribution in [2.45, 2.75) is 31.3 Å². The third-order valence-electron chi connectivity index (χ3n) is 5.04. The van der Waals surface area contributed by atoms with Crippen LogP contribution in [0.3, 0.4) is 0 Å². The lowest BCUT2D eigenvalue weighted by atomic mass is 9.91. The van der Waals surface area contributed by atoms with Gasteiger partial charge >= 0.3 is 0 Å². The molecule has 1 amide bonds. The van der Waals surface area contributed by atoms with E-state index in [4.69, 9.17) is 4.74 Å². The van der Waals surface area contributed by atoms with Crippen LogP contribution in [0.2, 0.25) is 0 Å². The molecule has 0 aliphatic carbocycles. The molecule has 128 valence electrons. The van der Waals surface area contributed by atoms with E-state index in [9.17, 15) is 4.79 Å². The van der Waals surface area contributed by atoms with Gasteiger partial charge in [-0.1, -0.05) is 30.3 Å². The molecular weight excluding hydrogens is 312 g/mol. The fourth-order valence-electron chi connectivity index (χ4n) is 3.62. The zero-order valence-electron chi connectivity index (χ0n) is 14.2. The SMILES string of the molecule is O=C(Cc1ccccn1)N1CCC[C@]2(C=Cc3ccccc3O2)CC1. The second-order valence-electron chi connectivity index (χ2n) is 6.77. The molecule has 4 rings (SSSR count). The molecule has 1 aromatic carbocycles. The van der Waals surface area contributed by atoms with E-state index in [1.807, 2.05) is 41.3 Å². The van der Waals surface area contributed by atoms with Gasteiger partial charge in [-0.25, -0.2) is 0 Å². The molecule has 4 nitrogen and oxygen atoms in total. The summed E-state index contributed by atoms with van der Waals surface area (Å²) in [6.07, 6.45) is 9.15. The van der Waals surface area contributed by atoms with Crippen LogP contribution in [0.15, 0.2) is 54.7 Å². The lowest BCUT2D eigenvalue weighted by Gasteiger charge is -2.34. The summed E-state index contributed by atoms with van der Waals surface area (Å²) in [5, 5.41) is 0. The van der Waals surface area contributed by atoms with E-state index in [1.165, 1.54) is 0 Å². The summed E-state index contributed by atoms with van der Waals surface area (Å²) in [7, 11) is 0. The molecule has 2 aliphatic rings. The Morgan fingerprint density at radius 3 is 2.88 bits per heavy atom. The van der Waals surface area contributed by atoms with Crippen LogP contribution < -0.4 is 4.74 Å². The standard InChI is InChI=1S/C21H22N2O2/c24-20(16-18-7-3-4-13-22-18)23-14-5-10-21(12-15-23)11-9-17-6-1-2-8-19(17)25-21/h1-4,6-9,11,13H,5,10,12,14-16H2/t21-/m0/s1. The van der Waals surface area contributed by atoms with Crippen LogP contribution in [0.25, 0.3) is 6.08 Å². The maximum absolute atomic E-state index is 12.6. The molecule has 3 heterocycles. The van der Waals surface area contributed by atoms with Gasteiger partial charge in [0.15, 0.2) is 0 Å². The molecule has 1 spiro atoms. The summed E-state index contributed by atoms with van der Waals surface area (Å²) in [6, 6.07) is 13.8. The average Bonchev–Trinajstić information content (AvgIpc) is 2.85. The lowest BCUT2D eigenvalue weighted by Crippen LogP contribution is -2.38. The number of hydrogen-bond donors (Lipinski definition) is 0. The number of fused-ring (bicyclic) bond motifs is 1. The lowest BCUT2D eigenvalue weighted by molar-refractivity contribution is -0.130. The van der Waals surface area contributed by atoms with Crippen molar-refractivity contribution in [1.82, 2.24) is 9.88 Å². The normalized spacial score (nSPS) is 22.2. The topological polar surface area (TPSA) is 42.4 Å². The van der Waals surface area contributed by atoms with Gasteiger partial charge in [0.2, 0.25) is 5.91 Å². The highest BCUT2D eigenvalue weighted by atomic mass is 16.5. The summed E-state index contributed by atoms with van der Waals surface area (Å²) in [5.74, 6) is 1.09. The Bertz CT molecular complexity index is 787. The number of carbonyl (C=O) groups is 1. The first-order chi connectivity index (χ1) is 12.2. The van der Waals surface area contributed by atoms with Gasteiger partial charge in [-0.3, -0.25) is 9.78 Å². The highest BCUT2D eigenvalue weighted by molar-refractivity contribution is 5.78. The van der Waals surface area contributed by atoms with Crippen LogP contribution in [0.5, 0.6) is 5.75 Å². The number of nitrogens with zero attached hydrogens (tertiary/aromatic N) is 2. The predicted molar refractivity (Wildman–Crippen MR) is 97.2 cm³/mol. The molecular formula is C21H22N2O2. The van der Waals surface area contributed by atoms with Crippen molar-refractivity contribution in [3.8, 4) is 5.75 Å². The summed E-state index contributed by atoms with van der Waals surface area (Å²) in [4.78, 5) is 18.8. The summed E-state index contributed by atoms with van der Waals surface area (Å²) in [5.41, 5.74) is 1.67. The van der Waals surface area contributed by atoms with Crippen LogP contribution >= 0.6 is 0 Å². The minimum absolute atomic E-state index is 0.149. The molecule has 2 aromatic rings. The van der Waals surface area contributed by atoms with Gasteiger partial charge in [0.1, 0.15) is 11.4 Å². The van der Waals surface area contributed by atoms with Crippen molar-refractivity contribution < 1.29 is 9.53 Å². The molecule has 0 saturated carbocycles. The fraction of sp³-hybridized carbons (Fsp3) is 0.333. The van der Waals surface area contributed by atoms with Gasteiger partial charge in [0.25, 0.3) is 0 Å². The third kappa shape index (κ3) is 3.43. The van der Waals surface area contributed by atoms with E-state index in [1.54, 1.807) is 6.20 Å². The first-order valence-corrected chi connectivity index (χ1v) is 8.89. The number of pyridine rings is 1. The van der Waals surface area contributed by atoms with E-state index < -0.39 is 0 Å². The molecule has 1 aromatic heterocycles. The fourth-order valence-corrected chi connectivity index (χ4v) is 3.62. The second-order valence-corrected chi connectivity index (χ2v) is 6.77. The number of rotatable bonds is 2. The van der Waals surface area contributed by atoms with Gasteiger partial charge in [0, 0.05) is 37.0 Å². The minimum atomic E-state index is -0.283. The first kappa shape index (κ1) is 15.9. The van der Waals surface area contributed by atoms with Crippen molar-refractivity contribution in [2.24, 2.45) is 0 Å². The molecule has 0 unspecified atom stereocenters. The van der Waals surface area contributed by atoms with Gasteiger partial charge in [-0.05, 0) is 37.1 Å². The molecule has 2 aliphatic heterocycles. The molecule has 1 atom stereocenters. The Morgan fingerprint density at radius 1 is 1.12 bits per heavy atom. The van der Waals surface area contributed by atoms with E-state index >= 15 is 0 Å². The van der Waals surface area contributed by atoms with Crippen molar-refractivity contribution in [1.29, 1.82) is 0 Å². The smallest absolute Gasteiger partial charge is 0.228 e. The number of benzene rings is 1. The van der Waals surface area contributed by atoms with E-state index in [-0.39, 0.29) is 11.5 Å². The van der Waals surface area contributed by atoms with Crippen LogP contribution in [-0.4, -0.2) is 34.5 Å². The number of carbonyl (C=O) groups excluding carboxylic acids is 1. The highest BCUT2D eigenvalue weighted by Crippen LogP contribution is 2.36. The minimum Gasteiger partial charge on any atom is -0.483 e. The summed E-state index contributed by atoms with van der Waals surface area (Å²) in [6.45, 7) is 1.50. The quantitative estimate of drug-likeness (QED) is 0.844. The largest absolute Gasteiger partial charge is 0.483 e. The number of aromatic nitrogens is 1. The second kappa shape index (κ2) is 6.71. The van der Waals surface area contributed by atoms with Crippen LogP contribution in [0.1, 0.15) is 30.5 Å². The van der Waals surface area contributed by atoms with E-state index in [0.29, 0.717) is 6.42 Å². The molecule has 1 saturated heterocycles. The predicted octanol–water partition coefficient (Wildman–Crippen LogP) is 3.48. The van der Waals surface area contributed by atoms with Crippen molar-refractivity contribution in [3.63, 3.8) is 0 Å². The Balaban J connectivity index is 1.43. The van der Waals surface area contributed by atoms with Crippen molar-refractivity contribution in [2.75, 3.05) is 13.1 Å².